The van der Waals surface area contributed by atoms with Gasteiger partial charge in [0, 0.05) is 18.3 Å². The molecule has 138 valence electrons. The number of aryl methyl sites for hydroxylation is 2. The van der Waals surface area contributed by atoms with Crippen molar-refractivity contribution in [3.63, 3.8) is 0 Å². The molecule has 27 heavy (non-hydrogen) atoms. The highest BCUT2D eigenvalue weighted by Gasteiger charge is 2.34. The largest absolute Gasteiger partial charge is 0.435 e. The molecule has 0 radical (unpaired) electrons. The number of hydrogen-bond acceptors (Lipinski definition) is 2. The minimum absolute atomic E-state index is 0.268. The number of hydrogen-bond donors (Lipinski definition) is 1. The number of aromatic amines is 1. The summed E-state index contributed by atoms with van der Waals surface area (Å²) in [5, 5.41) is 3.52. The molecule has 8 heteroatoms. The first kappa shape index (κ1) is 17.3. The molecule has 0 saturated carbocycles. The van der Waals surface area contributed by atoms with Gasteiger partial charge in [-0.25, -0.2) is 9.37 Å². The molecule has 3 aromatic heterocycles. The van der Waals surface area contributed by atoms with Crippen LogP contribution >= 0.6 is 0 Å². The molecule has 0 amide bonds. The highest BCUT2D eigenvalue weighted by molar-refractivity contribution is 5.85. The van der Waals surface area contributed by atoms with Gasteiger partial charge in [-0.1, -0.05) is 0 Å². The highest BCUT2D eigenvalue weighted by Crippen LogP contribution is 2.32. The molecule has 0 aliphatic carbocycles. The SMILES string of the molecule is Cc1cc(F)ccc1-c1cc2nc(-c3cc(C(F)(F)F)nn3C)ccc2[nH]1. The van der Waals surface area contributed by atoms with Gasteiger partial charge in [-0.05, 0) is 55.0 Å². The van der Waals surface area contributed by atoms with E-state index >= 15 is 0 Å². The quantitative estimate of drug-likeness (QED) is 0.497. The standard InChI is InChI=1S/C19H14F4N4/c1-10-7-11(20)3-4-12(10)15-8-16-13(24-15)5-6-14(25-16)17-9-18(19(21,22)23)26-27(17)2/h3-9,24H,1-2H3. The van der Waals surface area contributed by atoms with E-state index in [0.717, 1.165) is 33.1 Å². The van der Waals surface area contributed by atoms with Crippen molar-refractivity contribution >= 4 is 11.0 Å². The summed E-state index contributed by atoms with van der Waals surface area (Å²) in [6, 6.07) is 10.6. The Morgan fingerprint density at radius 2 is 1.81 bits per heavy atom. The Bertz CT molecular complexity index is 1150. The average molecular weight is 374 g/mol. The van der Waals surface area contributed by atoms with Crippen LogP contribution in [-0.2, 0) is 13.2 Å². The molecule has 1 N–H and O–H groups in total. The number of halogens is 4. The third kappa shape index (κ3) is 3.07. The fourth-order valence-electron chi connectivity index (χ4n) is 3.07. The number of aromatic nitrogens is 4. The van der Waals surface area contributed by atoms with E-state index < -0.39 is 11.9 Å². The summed E-state index contributed by atoms with van der Waals surface area (Å²) in [5.74, 6) is -0.315. The van der Waals surface area contributed by atoms with E-state index in [1.54, 1.807) is 31.2 Å². The van der Waals surface area contributed by atoms with Crippen molar-refractivity contribution in [3.05, 3.63) is 59.5 Å². The van der Waals surface area contributed by atoms with Gasteiger partial charge in [0.25, 0.3) is 0 Å². The van der Waals surface area contributed by atoms with Crippen molar-refractivity contribution in [1.29, 1.82) is 0 Å². The van der Waals surface area contributed by atoms with Crippen LogP contribution in [-0.4, -0.2) is 19.7 Å². The van der Waals surface area contributed by atoms with Crippen molar-refractivity contribution in [1.82, 2.24) is 19.7 Å². The first-order valence-corrected chi connectivity index (χ1v) is 8.10. The lowest BCUT2D eigenvalue weighted by Crippen LogP contribution is -2.06. The lowest BCUT2D eigenvalue weighted by Gasteiger charge is -2.02. The molecule has 0 atom stereocenters. The average Bonchev–Trinajstić information content (AvgIpc) is 3.17. The second-order valence-corrected chi connectivity index (χ2v) is 6.31. The molecule has 4 aromatic rings. The van der Waals surface area contributed by atoms with E-state index in [2.05, 4.69) is 15.1 Å². The van der Waals surface area contributed by atoms with Crippen molar-refractivity contribution < 1.29 is 17.6 Å². The Morgan fingerprint density at radius 1 is 1.04 bits per heavy atom. The Morgan fingerprint density at radius 3 is 2.48 bits per heavy atom. The molecule has 0 bridgehead atoms. The van der Waals surface area contributed by atoms with Gasteiger partial charge in [0.2, 0.25) is 0 Å². The van der Waals surface area contributed by atoms with Gasteiger partial charge in [0.1, 0.15) is 5.82 Å². The van der Waals surface area contributed by atoms with Crippen LogP contribution in [0.25, 0.3) is 33.7 Å². The second kappa shape index (κ2) is 5.94. The molecule has 4 rings (SSSR count). The molecular formula is C19H14F4N4. The van der Waals surface area contributed by atoms with E-state index in [9.17, 15) is 17.6 Å². The van der Waals surface area contributed by atoms with Crippen LogP contribution in [0.3, 0.4) is 0 Å². The van der Waals surface area contributed by atoms with Crippen LogP contribution in [0.15, 0.2) is 42.5 Å². The maximum absolute atomic E-state index is 13.3. The Kier molecular flexibility index (Phi) is 3.80. The van der Waals surface area contributed by atoms with Gasteiger partial charge < -0.3 is 4.98 Å². The maximum atomic E-state index is 13.3. The first-order valence-electron chi connectivity index (χ1n) is 8.10. The number of alkyl halides is 3. The monoisotopic (exact) mass is 374 g/mol. The molecule has 0 fully saturated rings. The summed E-state index contributed by atoms with van der Waals surface area (Å²) in [4.78, 5) is 7.67. The van der Waals surface area contributed by atoms with Crippen LogP contribution in [0.1, 0.15) is 11.3 Å². The highest BCUT2D eigenvalue weighted by atomic mass is 19.4. The van der Waals surface area contributed by atoms with Crippen LogP contribution < -0.4 is 0 Å². The van der Waals surface area contributed by atoms with Crippen molar-refractivity contribution in [2.45, 2.75) is 13.1 Å². The number of fused-ring (bicyclic) bond motifs is 1. The van der Waals surface area contributed by atoms with Gasteiger partial charge in [0.15, 0.2) is 5.69 Å². The fraction of sp³-hybridized carbons (Fsp3) is 0.158. The van der Waals surface area contributed by atoms with Gasteiger partial charge in [-0.15, -0.1) is 0 Å². The maximum Gasteiger partial charge on any atom is 0.435 e. The summed E-state index contributed by atoms with van der Waals surface area (Å²) in [5.41, 5.74) is 3.38. The Hall–Kier alpha value is -3.16. The van der Waals surface area contributed by atoms with Gasteiger partial charge in [-0.2, -0.15) is 18.3 Å². The van der Waals surface area contributed by atoms with Gasteiger partial charge in [-0.3, -0.25) is 4.68 Å². The van der Waals surface area contributed by atoms with Crippen LogP contribution in [0, 0.1) is 12.7 Å². The third-order valence-corrected chi connectivity index (χ3v) is 4.39. The number of benzene rings is 1. The molecule has 0 spiro atoms. The summed E-state index contributed by atoms with van der Waals surface area (Å²) >= 11 is 0. The van der Waals surface area contributed by atoms with Gasteiger partial charge >= 0.3 is 6.18 Å². The molecule has 3 heterocycles. The predicted octanol–water partition coefficient (Wildman–Crippen LogP) is 5.10. The molecular weight excluding hydrogens is 360 g/mol. The minimum atomic E-state index is -4.51. The van der Waals surface area contributed by atoms with Crippen molar-refractivity contribution in [2.75, 3.05) is 0 Å². The summed E-state index contributed by atoms with van der Waals surface area (Å²) < 4.78 is 53.1. The zero-order valence-electron chi connectivity index (χ0n) is 14.4. The predicted molar refractivity (Wildman–Crippen MR) is 93.4 cm³/mol. The van der Waals surface area contributed by atoms with Crippen LogP contribution in [0.2, 0.25) is 0 Å². The third-order valence-electron chi connectivity index (χ3n) is 4.39. The normalized spacial score (nSPS) is 12.1. The second-order valence-electron chi connectivity index (χ2n) is 6.31. The molecule has 0 unspecified atom stereocenters. The lowest BCUT2D eigenvalue weighted by atomic mass is 10.1. The number of nitrogens with one attached hydrogen (secondary N) is 1. The number of pyridine rings is 1. The van der Waals surface area contributed by atoms with E-state index in [-0.39, 0.29) is 11.5 Å². The van der Waals surface area contributed by atoms with Gasteiger partial charge in [0.05, 0.1) is 22.4 Å². The Balaban J connectivity index is 1.79. The zero-order valence-corrected chi connectivity index (χ0v) is 14.4. The van der Waals surface area contributed by atoms with Crippen LogP contribution in [0.4, 0.5) is 17.6 Å². The van der Waals surface area contributed by atoms with E-state index in [1.165, 1.54) is 19.2 Å². The zero-order chi connectivity index (χ0) is 19.3. The molecule has 0 aliphatic rings. The number of H-pyrrole nitrogens is 1. The minimum Gasteiger partial charge on any atom is -0.353 e. The summed E-state index contributed by atoms with van der Waals surface area (Å²) in [6.07, 6.45) is -4.51. The topological polar surface area (TPSA) is 46.5 Å². The number of rotatable bonds is 2. The lowest BCUT2D eigenvalue weighted by molar-refractivity contribution is -0.141. The van der Waals surface area contributed by atoms with Crippen molar-refractivity contribution in [3.8, 4) is 22.6 Å². The Labute approximate surface area is 151 Å². The molecule has 0 saturated heterocycles. The first-order chi connectivity index (χ1) is 12.7. The van der Waals surface area contributed by atoms with Crippen molar-refractivity contribution in [2.24, 2.45) is 7.05 Å². The summed E-state index contributed by atoms with van der Waals surface area (Å²) in [6.45, 7) is 1.80. The number of nitrogens with zero attached hydrogens (tertiary/aromatic N) is 3. The van der Waals surface area contributed by atoms with E-state index in [0.29, 0.717) is 11.2 Å². The van der Waals surface area contributed by atoms with E-state index in [4.69, 9.17) is 0 Å². The summed E-state index contributed by atoms with van der Waals surface area (Å²) in [7, 11) is 1.45. The fourth-order valence-corrected chi connectivity index (χ4v) is 3.07. The molecule has 4 nitrogen and oxygen atoms in total. The smallest absolute Gasteiger partial charge is 0.353 e. The van der Waals surface area contributed by atoms with Crippen LogP contribution in [0.5, 0.6) is 0 Å². The molecule has 1 aromatic carbocycles. The molecule has 0 aliphatic heterocycles. The van der Waals surface area contributed by atoms with E-state index in [1.807, 2.05) is 0 Å².